The third-order valence-corrected chi connectivity index (χ3v) is 2.08. The van der Waals surface area contributed by atoms with E-state index in [0.29, 0.717) is 0 Å². The molecule has 1 amide bonds. The van der Waals surface area contributed by atoms with Crippen LogP contribution in [0, 0.1) is 5.82 Å². The van der Waals surface area contributed by atoms with Gasteiger partial charge in [0.15, 0.2) is 0 Å². The minimum Gasteiger partial charge on any atom is -0.444 e. The lowest BCUT2D eigenvalue weighted by Gasteiger charge is -2.19. The first-order valence-electron chi connectivity index (χ1n) is 5.72. The highest BCUT2D eigenvalue weighted by atomic mass is 35.5. The van der Waals surface area contributed by atoms with E-state index in [0.717, 1.165) is 0 Å². The Kier molecular flexibility index (Phi) is 5.30. The Bertz CT molecular complexity index is 484. The molecular formula is C13H16ClFN2O2. The van der Waals surface area contributed by atoms with Gasteiger partial charge in [0.2, 0.25) is 0 Å². The molecule has 0 unspecified atom stereocenters. The number of nitrogens with zero attached hydrogens (tertiary/aromatic N) is 1. The van der Waals surface area contributed by atoms with Gasteiger partial charge in [-0.1, -0.05) is 17.7 Å². The molecule has 0 bridgehead atoms. The molecule has 1 heterocycles. The molecular weight excluding hydrogens is 271 g/mol. The lowest BCUT2D eigenvalue weighted by atomic mass is 10.2. The average Bonchev–Trinajstić information content (AvgIpc) is 2.24. The third kappa shape index (κ3) is 6.20. The Labute approximate surface area is 116 Å². The molecule has 0 spiro atoms. The van der Waals surface area contributed by atoms with Crippen molar-refractivity contribution in [3.05, 3.63) is 34.9 Å². The van der Waals surface area contributed by atoms with Gasteiger partial charge in [-0.25, -0.2) is 9.18 Å². The van der Waals surface area contributed by atoms with Crippen molar-refractivity contribution in [1.82, 2.24) is 10.3 Å². The summed E-state index contributed by atoms with van der Waals surface area (Å²) in [4.78, 5) is 15.1. The summed E-state index contributed by atoms with van der Waals surface area (Å²) in [5, 5.41) is 2.75. The predicted octanol–water partition coefficient (Wildman–Crippen LogP) is 3.41. The number of amides is 1. The lowest BCUT2D eigenvalue weighted by molar-refractivity contribution is 0.0534. The molecule has 0 saturated carbocycles. The summed E-state index contributed by atoms with van der Waals surface area (Å²) in [6.07, 6.45) is 3.86. The van der Waals surface area contributed by atoms with E-state index in [1.54, 1.807) is 26.8 Å². The van der Waals surface area contributed by atoms with E-state index in [2.05, 4.69) is 10.3 Å². The van der Waals surface area contributed by atoms with Crippen molar-refractivity contribution in [2.24, 2.45) is 0 Å². The largest absolute Gasteiger partial charge is 0.444 e. The van der Waals surface area contributed by atoms with Gasteiger partial charge in [0, 0.05) is 12.7 Å². The summed E-state index contributed by atoms with van der Waals surface area (Å²) in [5.41, 5.74) is -0.382. The molecule has 0 aliphatic heterocycles. The van der Waals surface area contributed by atoms with Crippen molar-refractivity contribution in [3.63, 3.8) is 0 Å². The van der Waals surface area contributed by atoms with Crippen LogP contribution in [0.1, 0.15) is 26.5 Å². The van der Waals surface area contributed by atoms with Crippen molar-refractivity contribution in [2.75, 3.05) is 6.54 Å². The molecule has 0 saturated heterocycles. The summed E-state index contributed by atoms with van der Waals surface area (Å²) in [6, 6.07) is 1.18. The van der Waals surface area contributed by atoms with Crippen molar-refractivity contribution in [3.8, 4) is 0 Å². The number of hydrogen-bond donors (Lipinski definition) is 1. The van der Waals surface area contributed by atoms with Gasteiger partial charge in [0.1, 0.15) is 11.4 Å². The quantitative estimate of drug-likeness (QED) is 0.926. The van der Waals surface area contributed by atoms with Crippen LogP contribution in [0.3, 0.4) is 0 Å². The second-order valence-corrected chi connectivity index (χ2v) is 5.24. The van der Waals surface area contributed by atoms with Gasteiger partial charge in [0.25, 0.3) is 0 Å². The molecule has 6 heteroatoms. The number of rotatable bonds is 3. The first kappa shape index (κ1) is 15.4. The van der Waals surface area contributed by atoms with E-state index < -0.39 is 17.5 Å². The number of carbonyl (C=O) groups is 1. The second-order valence-electron chi connectivity index (χ2n) is 4.81. The minimum atomic E-state index is -0.544. The molecule has 1 rings (SSSR count). The van der Waals surface area contributed by atoms with E-state index in [9.17, 15) is 9.18 Å². The standard InChI is InChI=1S/C13H16ClFN2O2/c1-13(2,3)19-12(18)16-6-4-5-11-10(15)7-9(14)8-17-11/h4-5,7-8H,6H2,1-3H3,(H,16,18). The van der Waals surface area contributed by atoms with Crippen LogP contribution >= 0.6 is 11.6 Å². The zero-order chi connectivity index (χ0) is 14.5. The summed E-state index contributed by atoms with van der Waals surface area (Å²) in [7, 11) is 0. The van der Waals surface area contributed by atoms with E-state index in [1.165, 1.54) is 18.3 Å². The molecule has 4 nitrogen and oxygen atoms in total. The van der Waals surface area contributed by atoms with Crippen LogP contribution in [0.5, 0.6) is 0 Å². The summed E-state index contributed by atoms with van der Waals surface area (Å²) < 4.78 is 18.4. The number of carbonyl (C=O) groups excluding carboxylic acids is 1. The SMILES string of the molecule is CC(C)(C)OC(=O)NCC=Cc1ncc(Cl)cc1F. The van der Waals surface area contributed by atoms with E-state index in [-0.39, 0.29) is 17.3 Å². The van der Waals surface area contributed by atoms with Crippen LogP contribution in [0.4, 0.5) is 9.18 Å². The Hall–Kier alpha value is -1.62. The zero-order valence-electron chi connectivity index (χ0n) is 11.0. The molecule has 1 aromatic heterocycles. The Morgan fingerprint density at radius 2 is 2.26 bits per heavy atom. The van der Waals surface area contributed by atoms with Gasteiger partial charge >= 0.3 is 6.09 Å². The molecule has 0 fully saturated rings. The second kappa shape index (κ2) is 6.52. The van der Waals surface area contributed by atoms with Crippen molar-refractivity contribution >= 4 is 23.8 Å². The van der Waals surface area contributed by atoms with Crippen molar-refractivity contribution < 1.29 is 13.9 Å². The molecule has 0 aromatic carbocycles. The van der Waals surface area contributed by atoms with E-state index in [1.807, 2.05) is 0 Å². The number of alkyl carbamates (subject to hydrolysis) is 1. The van der Waals surface area contributed by atoms with Crippen LogP contribution in [0.15, 0.2) is 18.3 Å². The topological polar surface area (TPSA) is 51.2 Å². The number of halogens is 2. The molecule has 104 valence electrons. The van der Waals surface area contributed by atoms with Crippen LogP contribution in [0.25, 0.3) is 6.08 Å². The number of hydrogen-bond acceptors (Lipinski definition) is 3. The fraction of sp³-hybridized carbons (Fsp3) is 0.385. The van der Waals surface area contributed by atoms with Crippen LogP contribution in [0.2, 0.25) is 5.02 Å². The molecule has 19 heavy (non-hydrogen) atoms. The van der Waals surface area contributed by atoms with Gasteiger partial charge in [-0.05, 0) is 32.9 Å². The van der Waals surface area contributed by atoms with Crippen molar-refractivity contribution in [2.45, 2.75) is 26.4 Å². The average molecular weight is 287 g/mol. The van der Waals surface area contributed by atoms with Gasteiger partial charge in [-0.2, -0.15) is 0 Å². The Balaban J connectivity index is 2.44. The molecule has 1 N–H and O–H groups in total. The number of aromatic nitrogens is 1. The fourth-order valence-electron chi connectivity index (χ4n) is 1.17. The van der Waals surface area contributed by atoms with Crippen LogP contribution < -0.4 is 5.32 Å². The number of nitrogens with one attached hydrogen (secondary N) is 1. The summed E-state index contributed by atoms with van der Waals surface area (Å²) in [6.45, 7) is 5.54. The lowest BCUT2D eigenvalue weighted by Crippen LogP contribution is -2.32. The summed E-state index contributed by atoms with van der Waals surface area (Å²) >= 11 is 5.58. The molecule has 0 aliphatic rings. The molecule has 1 aromatic rings. The molecule has 0 aliphatic carbocycles. The van der Waals surface area contributed by atoms with Crippen LogP contribution in [-0.2, 0) is 4.74 Å². The number of ether oxygens (including phenoxy) is 1. The smallest absolute Gasteiger partial charge is 0.407 e. The van der Waals surface area contributed by atoms with E-state index >= 15 is 0 Å². The third-order valence-electron chi connectivity index (χ3n) is 1.88. The highest BCUT2D eigenvalue weighted by Crippen LogP contribution is 2.12. The Morgan fingerprint density at radius 3 is 2.84 bits per heavy atom. The Morgan fingerprint density at radius 1 is 1.58 bits per heavy atom. The van der Waals surface area contributed by atoms with Crippen molar-refractivity contribution in [1.29, 1.82) is 0 Å². The van der Waals surface area contributed by atoms with Gasteiger partial charge < -0.3 is 10.1 Å². The monoisotopic (exact) mass is 286 g/mol. The first-order chi connectivity index (χ1) is 8.78. The fourth-order valence-corrected chi connectivity index (χ4v) is 1.32. The minimum absolute atomic E-state index is 0.162. The highest BCUT2D eigenvalue weighted by molar-refractivity contribution is 6.30. The van der Waals surface area contributed by atoms with Gasteiger partial charge in [-0.15, -0.1) is 0 Å². The predicted molar refractivity (Wildman–Crippen MR) is 72.5 cm³/mol. The summed E-state index contributed by atoms with van der Waals surface area (Å²) in [5.74, 6) is -0.513. The number of pyridine rings is 1. The normalized spacial score (nSPS) is 11.6. The zero-order valence-corrected chi connectivity index (χ0v) is 11.8. The molecule has 0 atom stereocenters. The maximum absolute atomic E-state index is 13.3. The van der Waals surface area contributed by atoms with E-state index in [4.69, 9.17) is 16.3 Å². The van der Waals surface area contributed by atoms with Gasteiger partial charge in [0.05, 0.1) is 10.7 Å². The maximum Gasteiger partial charge on any atom is 0.407 e. The maximum atomic E-state index is 13.3. The van der Waals surface area contributed by atoms with Gasteiger partial charge in [-0.3, -0.25) is 4.98 Å². The van der Waals surface area contributed by atoms with Crippen LogP contribution in [-0.4, -0.2) is 23.2 Å². The molecule has 0 radical (unpaired) electrons. The first-order valence-corrected chi connectivity index (χ1v) is 6.10. The highest BCUT2D eigenvalue weighted by Gasteiger charge is 2.14.